The molecule has 7 heteroatoms. The molecule has 1 saturated heterocycles. The van der Waals surface area contributed by atoms with Gasteiger partial charge in [-0.3, -0.25) is 13.8 Å². The number of anilines is 1. The first kappa shape index (κ1) is 21.2. The van der Waals surface area contributed by atoms with Gasteiger partial charge in [0, 0.05) is 40.7 Å². The number of carbonyl (C=O) groups excluding carboxylic acids is 2. The molecule has 0 aromatic heterocycles. The summed E-state index contributed by atoms with van der Waals surface area (Å²) in [7, 11) is -0.957. The van der Waals surface area contributed by atoms with Gasteiger partial charge in [-0.2, -0.15) is 0 Å². The van der Waals surface area contributed by atoms with Gasteiger partial charge in [-0.05, 0) is 36.1 Å². The molecule has 1 fully saturated rings. The lowest BCUT2D eigenvalue weighted by Gasteiger charge is -2.21. The van der Waals surface area contributed by atoms with Gasteiger partial charge in [-0.15, -0.1) is 0 Å². The number of nitrogens with one attached hydrogen (secondary N) is 2. The Balaban J connectivity index is 1.45. The van der Waals surface area contributed by atoms with Crippen LogP contribution in [0.4, 0.5) is 5.69 Å². The van der Waals surface area contributed by atoms with Crippen molar-refractivity contribution in [1.29, 1.82) is 0 Å². The quantitative estimate of drug-likeness (QED) is 0.695. The first-order valence-corrected chi connectivity index (χ1v) is 11.1. The van der Waals surface area contributed by atoms with E-state index in [0.717, 1.165) is 24.0 Å². The third-order valence-corrected chi connectivity index (χ3v) is 6.55. The summed E-state index contributed by atoms with van der Waals surface area (Å²) in [6, 6.07) is 16.7. The minimum absolute atomic E-state index is 0.0934. The Morgan fingerprint density at radius 2 is 1.69 bits per heavy atom. The van der Waals surface area contributed by atoms with Crippen molar-refractivity contribution >= 4 is 28.3 Å². The van der Waals surface area contributed by atoms with Crippen LogP contribution >= 0.6 is 0 Å². The SMILES string of the molecule is O=C(Cc1ccccc1)NCC(=O)Nc1cccc(CS(=O)C2CCOCC2)c1. The monoisotopic (exact) mass is 414 g/mol. The number of carbonyl (C=O) groups is 2. The third kappa shape index (κ3) is 7.11. The fourth-order valence-corrected chi connectivity index (χ4v) is 4.65. The second kappa shape index (κ2) is 10.9. The van der Waals surface area contributed by atoms with E-state index in [1.807, 2.05) is 48.5 Å². The van der Waals surface area contributed by atoms with Crippen LogP contribution in [0.25, 0.3) is 0 Å². The largest absolute Gasteiger partial charge is 0.381 e. The van der Waals surface area contributed by atoms with Crippen LogP contribution in [0.2, 0.25) is 0 Å². The summed E-state index contributed by atoms with van der Waals surface area (Å²) in [6.07, 6.45) is 1.89. The van der Waals surface area contributed by atoms with Gasteiger partial charge in [0.2, 0.25) is 11.8 Å². The Bertz CT molecular complexity index is 851. The molecule has 0 bridgehead atoms. The van der Waals surface area contributed by atoms with Gasteiger partial charge in [0.15, 0.2) is 0 Å². The van der Waals surface area contributed by atoms with Crippen LogP contribution in [0.15, 0.2) is 54.6 Å². The zero-order valence-corrected chi connectivity index (χ0v) is 17.1. The molecule has 0 radical (unpaired) electrons. The molecule has 1 unspecified atom stereocenters. The number of rotatable bonds is 8. The third-order valence-electron chi connectivity index (χ3n) is 4.71. The van der Waals surface area contributed by atoms with Gasteiger partial charge in [0.1, 0.15) is 0 Å². The summed E-state index contributed by atoms with van der Waals surface area (Å²) in [5.74, 6) is -0.0385. The molecule has 3 rings (SSSR count). The Labute approximate surface area is 173 Å². The molecule has 0 aliphatic carbocycles. The lowest BCUT2D eigenvalue weighted by molar-refractivity contribution is -0.123. The topological polar surface area (TPSA) is 84.5 Å². The standard InChI is InChI=1S/C22H26N2O4S/c25-21(14-17-5-2-1-3-6-17)23-15-22(26)24-19-8-4-7-18(13-19)16-29(27)20-9-11-28-12-10-20/h1-8,13,20H,9-12,14-16H2,(H,23,25)(H,24,26). The summed E-state index contributed by atoms with van der Waals surface area (Å²) in [5.41, 5.74) is 2.45. The molecule has 6 nitrogen and oxygen atoms in total. The highest BCUT2D eigenvalue weighted by Gasteiger charge is 2.20. The zero-order valence-electron chi connectivity index (χ0n) is 16.3. The molecule has 1 heterocycles. The molecule has 1 aliphatic heterocycles. The fourth-order valence-electron chi connectivity index (χ4n) is 3.19. The summed E-state index contributed by atoms with van der Waals surface area (Å²) >= 11 is 0. The van der Waals surface area contributed by atoms with E-state index in [1.165, 1.54) is 0 Å². The van der Waals surface area contributed by atoms with Crippen LogP contribution in [-0.4, -0.2) is 41.0 Å². The van der Waals surface area contributed by atoms with Crippen molar-refractivity contribution in [2.45, 2.75) is 30.3 Å². The van der Waals surface area contributed by atoms with E-state index in [1.54, 1.807) is 6.07 Å². The highest BCUT2D eigenvalue weighted by molar-refractivity contribution is 7.84. The second-order valence-electron chi connectivity index (χ2n) is 7.02. The number of hydrogen-bond acceptors (Lipinski definition) is 4. The second-order valence-corrected chi connectivity index (χ2v) is 8.74. The van der Waals surface area contributed by atoms with Crippen molar-refractivity contribution in [2.24, 2.45) is 0 Å². The van der Waals surface area contributed by atoms with Crippen LogP contribution in [0.1, 0.15) is 24.0 Å². The maximum absolute atomic E-state index is 12.5. The van der Waals surface area contributed by atoms with Crippen LogP contribution in [0.5, 0.6) is 0 Å². The normalized spacial score (nSPS) is 15.4. The highest BCUT2D eigenvalue weighted by atomic mass is 32.2. The van der Waals surface area contributed by atoms with Crippen molar-refractivity contribution < 1.29 is 18.5 Å². The van der Waals surface area contributed by atoms with E-state index in [2.05, 4.69) is 10.6 Å². The Morgan fingerprint density at radius 1 is 0.966 bits per heavy atom. The number of benzene rings is 2. The van der Waals surface area contributed by atoms with Gasteiger partial charge in [0.05, 0.1) is 13.0 Å². The van der Waals surface area contributed by atoms with Gasteiger partial charge >= 0.3 is 0 Å². The van der Waals surface area contributed by atoms with Crippen LogP contribution < -0.4 is 10.6 Å². The average molecular weight is 415 g/mol. The Hall–Kier alpha value is -2.51. The molecule has 0 saturated carbocycles. The van der Waals surface area contributed by atoms with Gasteiger partial charge < -0.3 is 15.4 Å². The molecular weight excluding hydrogens is 388 g/mol. The predicted octanol–water partition coefficient (Wildman–Crippen LogP) is 2.41. The van der Waals surface area contributed by atoms with Crippen molar-refractivity contribution in [3.63, 3.8) is 0 Å². The van der Waals surface area contributed by atoms with Crippen molar-refractivity contribution in [3.8, 4) is 0 Å². The van der Waals surface area contributed by atoms with Gasteiger partial charge in [-0.1, -0.05) is 42.5 Å². The predicted molar refractivity (Wildman–Crippen MR) is 114 cm³/mol. The molecule has 2 amide bonds. The first-order chi connectivity index (χ1) is 14.1. The summed E-state index contributed by atoms with van der Waals surface area (Å²) in [4.78, 5) is 24.1. The number of ether oxygens (including phenoxy) is 1. The molecule has 1 aliphatic rings. The fraction of sp³-hybridized carbons (Fsp3) is 0.364. The molecule has 2 aromatic carbocycles. The molecule has 154 valence electrons. The van der Waals surface area contributed by atoms with Crippen molar-refractivity contribution in [3.05, 3.63) is 65.7 Å². The maximum Gasteiger partial charge on any atom is 0.243 e. The van der Waals surface area contributed by atoms with E-state index < -0.39 is 10.8 Å². The molecule has 2 N–H and O–H groups in total. The van der Waals surface area contributed by atoms with Crippen molar-refractivity contribution in [2.75, 3.05) is 25.1 Å². The smallest absolute Gasteiger partial charge is 0.243 e. The minimum atomic E-state index is -0.957. The average Bonchev–Trinajstić information content (AvgIpc) is 2.74. The lowest BCUT2D eigenvalue weighted by Crippen LogP contribution is -2.33. The zero-order chi connectivity index (χ0) is 20.5. The minimum Gasteiger partial charge on any atom is -0.381 e. The Kier molecular flexibility index (Phi) is 7.95. The number of amides is 2. The van der Waals surface area contributed by atoms with Crippen LogP contribution in [0, 0.1) is 0 Å². The van der Waals surface area contributed by atoms with E-state index >= 15 is 0 Å². The summed E-state index contributed by atoms with van der Waals surface area (Å²) in [5, 5.41) is 5.58. The maximum atomic E-state index is 12.5. The molecule has 0 spiro atoms. The molecule has 1 atom stereocenters. The molecule has 29 heavy (non-hydrogen) atoms. The Morgan fingerprint density at radius 3 is 2.45 bits per heavy atom. The number of hydrogen-bond donors (Lipinski definition) is 2. The van der Waals surface area contributed by atoms with Gasteiger partial charge in [0.25, 0.3) is 0 Å². The lowest BCUT2D eigenvalue weighted by atomic mass is 10.1. The van der Waals surface area contributed by atoms with Crippen LogP contribution in [-0.2, 0) is 37.3 Å². The van der Waals surface area contributed by atoms with E-state index in [4.69, 9.17) is 4.74 Å². The van der Waals surface area contributed by atoms with Gasteiger partial charge in [-0.25, -0.2) is 0 Å². The molecular formula is C22H26N2O4S. The van der Waals surface area contributed by atoms with E-state index in [0.29, 0.717) is 24.7 Å². The molecule has 2 aromatic rings. The van der Waals surface area contributed by atoms with Crippen molar-refractivity contribution in [1.82, 2.24) is 5.32 Å². The first-order valence-electron chi connectivity index (χ1n) is 9.74. The summed E-state index contributed by atoms with van der Waals surface area (Å²) < 4.78 is 17.9. The van der Waals surface area contributed by atoms with E-state index in [-0.39, 0.29) is 30.0 Å². The highest BCUT2D eigenvalue weighted by Crippen LogP contribution is 2.18. The van der Waals surface area contributed by atoms with Crippen LogP contribution in [0.3, 0.4) is 0 Å². The summed E-state index contributed by atoms with van der Waals surface area (Å²) in [6.45, 7) is 1.24. The van der Waals surface area contributed by atoms with E-state index in [9.17, 15) is 13.8 Å².